The Hall–Kier alpha value is -3.53. The van der Waals surface area contributed by atoms with Gasteiger partial charge in [0, 0.05) is 63.2 Å². The summed E-state index contributed by atoms with van der Waals surface area (Å²) in [6.45, 7) is 4.73. The number of benzene rings is 1. The normalized spacial score (nSPS) is 23.1. The van der Waals surface area contributed by atoms with Crippen LogP contribution in [0.5, 0.6) is 5.75 Å². The Morgan fingerprint density at radius 2 is 1.94 bits per heavy atom. The van der Waals surface area contributed by atoms with E-state index in [0.29, 0.717) is 30.1 Å². The number of amides is 3. The molecule has 3 atom stereocenters. The van der Waals surface area contributed by atoms with Crippen molar-refractivity contribution in [2.24, 2.45) is 11.8 Å². The van der Waals surface area contributed by atoms with E-state index in [4.69, 9.17) is 9.47 Å². The number of rotatable bonds is 4. The maximum atomic E-state index is 13.4. The van der Waals surface area contributed by atoms with Crippen LogP contribution in [0.1, 0.15) is 47.5 Å². The summed E-state index contributed by atoms with van der Waals surface area (Å²) in [5, 5.41) is 2.90. The molecule has 4 rings (SSSR count). The summed E-state index contributed by atoms with van der Waals surface area (Å²) in [7, 11) is 3.32. The number of ether oxygens (including phenoxy) is 2. The lowest BCUT2D eigenvalue weighted by Gasteiger charge is -2.35. The molecule has 2 aromatic rings. The number of nitrogens with one attached hydrogen (secondary N) is 1. The molecule has 1 aliphatic carbocycles. The predicted molar refractivity (Wildman–Crippen MR) is 133 cm³/mol. The molecule has 1 N–H and O–H groups in total. The smallest absolute Gasteiger partial charge is 0.274 e. The van der Waals surface area contributed by atoms with Crippen molar-refractivity contribution in [1.29, 1.82) is 0 Å². The summed E-state index contributed by atoms with van der Waals surface area (Å²) >= 11 is 0. The molecule has 1 fully saturated rings. The van der Waals surface area contributed by atoms with Crippen LogP contribution in [-0.2, 0) is 9.53 Å². The zero-order valence-corrected chi connectivity index (χ0v) is 21.1. The molecular formula is C26H33N5O5. The number of carbonyl (C=O) groups excluding carboxylic acids is 3. The van der Waals surface area contributed by atoms with Gasteiger partial charge in [-0.1, -0.05) is 6.92 Å². The minimum Gasteiger partial charge on any atom is -0.491 e. The number of hydrogen-bond acceptors (Lipinski definition) is 7. The highest BCUT2D eigenvalue weighted by Crippen LogP contribution is 2.32. The Morgan fingerprint density at radius 1 is 1.17 bits per heavy atom. The fourth-order valence-corrected chi connectivity index (χ4v) is 4.28. The molecule has 0 spiro atoms. The van der Waals surface area contributed by atoms with E-state index >= 15 is 0 Å². The van der Waals surface area contributed by atoms with Crippen molar-refractivity contribution in [3.05, 3.63) is 48.0 Å². The van der Waals surface area contributed by atoms with E-state index in [1.807, 2.05) is 13.8 Å². The van der Waals surface area contributed by atoms with Gasteiger partial charge in [0.05, 0.1) is 23.9 Å². The van der Waals surface area contributed by atoms with Crippen LogP contribution in [0.15, 0.2) is 36.8 Å². The molecule has 36 heavy (non-hydrogen) atoms. The molecule has 0 saturated heterocycles. The highest BCUT2D eigenvalue weighted by atomic mass is 16.5. The van der Waals surface area contributed by atoms with Crippen molar-refractivity contribution in [2.45, 2.75) is 38.8 Å². The number of anilines is 1. The monoisotopic (exact) mass is 495 g/mol. The second kappa shape index (κ2) is 11.0. The fraction of sp³-hybridized carbons (Fsp3) is 0.500. The lowest BCUT2D eigenvalue weighted by atomic mass is 10.0. The van der Waals surface area contributed by atoms with Crippen LogP contribution in [-0.4, -0.2) is 83.5 Å². The molecule has 1 aromatic carbocycles. The van der Waals surface area contributed by atoms with E-state index in [-0.39, 0.29) is 54.0 Å². The SMILES string of the molecule is CO[C@H]1CN(C)C(=O)c2ccc(NC(=O)C3CC3)cc2OC[C@@H](C)N(C(=O)c2cnccn2)C[C@H]1C. The number of nitrogens with zero attached hydrogens (tertiary/aromatic N) is 4. The van der Waals surface area contributed by atoms with Gasteiger partial charge in [-0.2, -0.15) is 0 Å². The van der Waals surface area contributed by atoms with Gasteiger partial charge in [-0.15, -0.1) is 0 Å². The van der Waals surface area contributed by atoms with Gasteiger partial charge in [0.2, 0.25) is 5.91 Å². The second-order valence-electron chi connectivity index (χ2n) is 9.62. The van der Waals surface area contributed by atoms with Crippen molar-refractivity contribution >= 4 is 23.4 Å². The predicted octanol–water partition coefficient (Wildman–Crippen LogP) is 2.47. The molecule has 1 saturated carbocycles. The van der Waals surface area contributed by atoms with Gasteiger partial charge in [-0.05, 0) is 31.9 Å². The number of carbonyl (C=O) groups is 3. The highest BCUT2D eigenvalue weighted by Gasteiger charge is 2.32. The van der Waals surface area contributed by atoms with E-state index < -0.39 is 0 Å². The zero-order valence-electron chi connectivity index (χ0n) is 21.1. The van der Waals surface area contributed by atoms with Crippen molar-refractivity contribution in [2.75, 3.05) is 39.2 Å². The lowest BCUT2D eigenvalue weighted by Crippen LogP contribution is -2.48. The molecule has 10 heteroatoms. The standard InChI is InChI=1S/C26H33N5O5/c1-16-13-31(26(34)21-12-27-9-10-28-21)17(2)15-36-22-11-19(29-24(32)18-5-6-18)7-8-20(22)25(33)30(3)14-23(16)35-4/h7-12,16-18,23H,5-6,13-15H2,1-4H3,(H,29,32)/t16-,17-,23+/m1/s1. The summed E-state index contributed by atoms with van der Waals surface area (Å²) < 4.78 is 11.9. The van der Waals surface area contributed by atoms with E-state index in [2.05, 4.69) is 15.3 Å². The van der Waals surface area contributed by atoms with Gasteiger partial charge in [0.15, 0.2) is 0 Å². The van der Waals surface area contributed by atoms with Crippen LogP contribution >= 0.6 is 0 Å². The molecule has 0 unspecified atom stereocenters. The van der Waals surface area contributed by atoms with Gasteiger partial charge in [-0.3, -0.25) is 19.4 Å². The molecular weight excluding hydrogens is 462 g/mol. The fourth-order valence-electron chi connectivity index (χ4n) is 4.28. The molecule has 1 aliphatic heterocycles. The molecule has 2 heterocycles. The number of hydrogen-bond donors (Lipinski definition) is 1. The highest BCUT2D eigenvalue weighted by molar-refractivity contribution is 5.99. The summed E-state index contributed by atoms with van der Waals surface area (Å²) in [6, 6.07) is 4.71. The first kappa shape index (κ1) is 25.6. The largest absolute Gasteiger partial charge is 0.491 e. The second-order valence-corrected chi connectivity index (χ2v) is 9.62. The average Bonchev–Trinajstić information content (AvgIpc) is 3.74. The van der Waals surface area contributed by atoms with Crippen LogP contribution in [0.25, 0.3) is 0 Å². The van der Waals surface area contributed by atoms with Crippen LogP contribution < -0.4 is 10.1 Å². The van der Waals surface area contributed by atoms with Crippen LogP contribution in [0, 0.1) is 11.8 Å². The average molecular weight is 496 g/mol. The maximum Gasteiger partial charge on any atom is 0.274 e. The number of likely N-dealkylation sites (N-methyl/N-ethyl adjacent to an activating group) is 1. The van der Waals surface area contributed by atoms with Crippen molar-refractivity contribution < 1.29 is 23.9 Å². The van der Waals surface area contributed by atoms with Crippen LogP contribution in [0.3, 0.4) is 0 Å². The first-order chi connectivity index (χ1) is 17.3. The molecule has 0 radical (unpaired) electrons. The molecule has 1 aromatic heterocycles. The number of methoxy groups -OCH3 is 1. The Morgan fingerprint density at radius 3 is 2.61 bits per heavy atom. The van der Waals surface area contributed by atoms with Gasteiger partial charge < -0.3 is 24.6 Å². The quantitative estimate of drug-likeness (QED) is 0.693. The molecule has 192 valence electrons. The number of fused-ring (bicyclic) bond motifs is 1. The van der Waals surface area contributed by atoms with E-state index in [1.54, 1.807) is 42.2 Å². The first-order valence-corrected chi connectivity index (χ1v) is 12.2. The Kier molecular flexibility index (Phi) is 7.83. The third kappa shape index (κ3) is 5.81. The van der Waals surface area contributed by atoms with Gasteiger partial charge in [0.1, 0.15) is 18.1 Å². The minimum atomic E-state index is -0.343. The molecule has 10 nitrogen and oxygen atoms in total. The lowest BCUT2D eigenvalue weighted by molar-refractivity contribution is -0.117. The van der Waals surface area contributed by atoms with Crippen molar-refractivity contribution in [3.63, 3.8) is 0 Å². The Labute approximate surface area is 211 Å². The third-order valence-corrected chi connectivity index (χ3v) is 6.71. The Bertz CT molecular complexity index is 1110. The van der Waals surface area contributed by atoms with Crippen LogP contribution in [0.2, 0.25) is 0 Å². The summed E-state index contributed by atoms with van der Waals surface area (Å²) in [4.78, 5) is 50.5. The summed E-state index contributed by atoms with van der Waals surface area (Å²) in [5.41, 5.74) is 1.19. The maximum absolute atomic E-state index is 13.4. The summed E-state index contributed by atoms with van der Waals surface area (Å²) in [5.74, 6) is -0.173. The van der Waals surface area contributed by atoms with E-state index in [1.165, 1.54) is 18.6 Å². The first-order valence-electron chi connectivity index (χ1n) is 12.2. The number of aromatic nitrogens is 2. The summed E-state index contributed by atoms with van der Waals surface area (Å²) in [6.07, 6.45) is 5.93. The molecule has 2 aliphatic rings. The van der Waals surface area contributed by atoms with Gasteiger partial charge >= 0.3 is 0 Å². The van der Waals surface area contributed by atoms with Gasteiger partial charge in [-0.25, -0.2) is 4.98 Å². The molecule has 3 amide bonds. The topological polar surface area (TPSA) is 114 Å². The van der Waals surface area contributed by atoms with E-state index in [0.717, 1.165) is 12.8 Å². The van der Waals surface area contributed by atoms with Crippen molar-refractivity contribution in [1.82, 2.24) is 19.8 Å². The van der Waals surface area contributed by atoms with Crippen molar-refractivity contribution in [3.8, 4) is 5.75 Å². The van der Waals surface area contributed by atoms with Crippen LogP contribution in [0.4, 0.5) is 5.69 Å². The Balaban J connectivity index is 1.66. The van der Waals surface area contributed by atoms with Gasteiger partial charge in [0.25, 0.3) is 11.8 Å². The third-order valence-electron chi connectivity index (χ3n) is 6.71. The zero-order chi connectivity index (χ0) is 25.8. The van der Waals surface area contributed by atoms with E-state index in [9.17, 15) is 14.4 Å². The minimum absolute atomic E-state index is 0.0300. The molecule has 0 bridgehead atoms.